The van der Waals surface area contributed by atoms with Crippen molar-refractivity contribution in [2.24, 2.45) is 4.99 Å². The van der Waals surface area contributed by atoms with Crippen LogP contribution in [0.5, 0.6) is 5.75 Å². The second-order valence-corrected chi connectivity index (χ2v) is 6.88. The lowest BCUT2D eigenvalue weighted by Gasteiger charge is -2.07. The molecule has 2 aromatic carbocycles. The third kappa shape index (κ3) is 4.39. The minimum atomic E-state index is -0.112. The Hall–Kier alpha value is -3.04. The molecule has 2 aromatic rings. The number of carbonyl (C=O) groups is 1. The molecule has 1 heterocycles. The van der Waals surface area contributed by atoms with E-state index in [2.05, 4.69) is 11.9 Å². The maximum absolute atomic E-state index is 12.6. The number of ether oxygens (including phenoxy) is 1. The van der Waals surface area contributed by atoms with Gasteiger partial charge in [0, 0.05) is 12.6 Å². The molecule has 0 bridgehead atoms. The van der Waals surface area contributed by atoms with E-state index in [1.54, 1.807) is 24.1 Å². The Morgan fingerprint density at radius 1 is 1.22 bits per heavy atom. The zero-order valence-corrected chi connectivity index (χ0v) is 16.0. The Morgan fingerprint density at radius 3 is 2.67 bits per heavy atom. The van der Waals surface area contributed by atoms with Crippen LogP contribution in [0.25, 0.3) is 6.08 Å². The summed E-state index contributed by atoms with van der Waals surface area (Å²) in [5, 5.41) is 9.35. The predicted molar refractivity (Wildman–Crippen MR) is 109 cm³/mol. The van der Waals surface area contributed by atoms with Crippen molar-refractivity contribution in [2.45, 2.75) is 13.3 Å². The number of benzene rings is 2. The topological polar surface area (TPSA) is 65.7 Å². The van der Waals surface area contributed by atoms with Crippen molar-refractivity contribution in [2.75, 3.05) is 13.7 Å². The second kappa shape index (κ2) is 8.56. The summed E-state index contributed by atoms with van der Waals surface area (Å²) >= 11 is 1.33. The Labute approximate surface area is 163 Å². The number of hydrogen-bond acceptors (Lipinski definition) is 5. The number of carbonyl (C=O) groups excluding carboxylic acids is 1. The van der Waals surface area contributed by atoms with Crippen molar-refractivity contribution >= 4 is 34.6 Å². The minimum absolute atomic E-state index is 0.0400. The lowest BCUT2D eigenvalue weighted by Crippen LogP contribution is -2.23. The third-order valence-corrected chi connectivity index (χ3v) is 5.13. The molecule has 0 saturated carbocycles. The molecule has 1 aliphatic heterocycles. The zero-order chi connectivity index (χ0) is 19.2. The molecule has 1 saturated heterocycles. The lowest BCUT2D eigenvalue weighted by molar-refractivity contribution is -0.121. The smallest absolute Gasteiger partial charge is 0.266 e. The molecule has 3 rings (SSSR count). The van der Waals surface area contributed by atoms with E-state index in [-0.39, 0.29) is 12.5 Å². The first kappa shape index (κ1) is 18.7. The van der Waals surface area contributed by atoms with Gasteiger partial charge in [-0.3, -0.25) is 9.69 Å². The van der Waals surface area contributed by atoms with Crippen LogP contribution in [0.2, 0.25) is 0 Å². The van der Waals surface area contributed by atoms with E-state index >= 15 is 0 Å². The highest BCUT2D eigenvalue weighted by atomic mass is 32.2. The average molecular weight is 377 g/mol. The number of likely N-dealkylation sites (N-methyl/N-ethyl adjacent to an activating group) is 1. The van der Waals surface area contributed by atoms with E-state index in [1.165, 1.54) is 17.3 Å². The van der Waals surface area contributed by atoms with E-state index in [4.69, 9.17) is 10.00 Å². The van der Waals surface area contributed by atoms with Crippen molar-refractivity contribution in [3.63, 3.8) is 0 Å². The molecule has 27 heavy (non-hydrogen) atoms. The summed E-state index contributed by atoms with van der Waals surface area (Å²) in [7, 11) is 1.72. The molecule has 0 aliphatic carbocycles. The maximum atomic E-state index is 12.6. The van der Waals surface area contributed by atoms with Crippen LogP contribution >= 0.6 is 11.8 Å². The predicted octanol–water partition coefficient (Wildman–Crippen LogP) is 4.39. The summed E-state index contributed by atoms with van der Waals surface area (Å²) in [5.41, 5.74) is 2.82. The first-order valence-corrected chi connectivity index (χ1v) is 9.38. The first-order valence-electron chi connectivity index (χ1n) is 8.56. The number of nitrogens with zero attached hydrogens (tertiary/aromatic N) is 3. The molecule has 0 spiro atoms. The number of amidine groups is 1. The first-order chi connectivity index (χ1) is 13.1. The average Bonchev–Trinajstić information content (AvgIpc) is 2.96. The van der Waals surface area contributed by atoms with Gasteiger partial charge in [-0.15, -0.1) is 0 Å². The minimum Gasteiger partial charge on any atom is -0.478 e. The summed E-state index contributed by atoms with van der Waals surface area (Å²) in [6.45, 7) is 2.07. The Morgan fingerprint density at radius 2 is 1.96 bits per heavy atom. The number of aryl methyl sites for hydroxylation is 1. The highest BCUT2D eigenvalue weighted by Gasteiger charge is 2.30. The molecule has 1 amide bonds. The molecule has 5 nitrogen and oxygen atoms in total. The number of rotatable bonds is 5. The van der Waals surface area contributed by atoms with E-state index in [0.717, 1.165) is 17.7 Å². The number of amides is 1. The molecule has 6 heteroatoms. The maximum Gasteiger partial charge on any atom is 0.266 e. The van der Waals surface area contributed by atoms with Gasteiger partial charge in [0.05, 0.1) is 10.6 Å². The monoisotopic (exact) mass is 377 g/mol. The summed E-state index contributed by atoms with van der Waals surface area (Å²) in [5.74, 6) is 0.460. The largest absolute Gasteiger partial charge is 0.478 e. The van der Waals surface area contributed by atoms with Crippen molar-refractivity contribution < 1.29 is 9.53 Å². The molecule has 0 N–H and O–H groups in total. The van der Waals surface area contributed by atoms with Gasteiger partial charge in [0.25, 0.3) is 5.91 Å². The van der Waals surface area contributed by atoms with Gasteiger partial charge in [0.15, 0.2) is 11.8 Å². The van der Waals surface area contributed by atoms with Crippen LogP contribution in [0.4, 0.5) is 5.69 Å². The molecular weight excluding hydrogens is 358 g/mol. The molecule has 1 aliphatic rings. The standard InChI is InChI=1S/C21H19N3O2S/c1-3-15-8-10-17(11-9-15)23-21-24(2)20(25)19(27-21)14-16-6-4-5-7-18(16)26-13-12-22/h4-11,14H,3,13H2,1-2H3. The van der Waals surface area contributed by atoms with Gasteiger partial charge < -0.3 is 4.74 Å². The van der Waals surface area contributed by atoms with Crippen LogP contribution in [0.3, 0.4) is 0 Å². The Kier molecular flexibility index (Phi) is 5.94. The van der Waals surface area contributed by atoms with E-state index in [9.17, 15) is 4.79 Å². The zero-order valence-electron chi connectivity index (χ0n) is 15.2. The number of nitriles is 1. The van der Waals surface area contributed by atoms with Gasteiger partial charge in [-0.25, -0.2) is 4.99 Å². The Balaban J connectivity index is 1.86. The van der Waals surface area contributed by atoms with Crippen molar-refractivity contribution in [1.82, 2.24) is 4.90 Å². The highest BCUT2D eigenvalue weighted by Crippen LogP contribution is 2.34. The number of thioether (sulfide) groups is 1. The van der Waals surface area contributed by atoms with Gasteiger partial charge in [0.2, 0.25) is 0 Å². The van der Waals surface area contributed by atoms with Crippen LogP contribution in [0.15, 0.2) is 58.4 Å². The SMILES string of the molecule is CCc1ccc(N=C2SC(=Cc3ccccc3OCC#N)C(=O)N2C)cc1. The van der Waals surface area contributed by atoms with Crippen LogP contribution in [-0.4, -0.2) is 29.6 Å². The fraction of sp³-hybridized carbons (Fsp3) is 0.190. The van der Waals surface area contributed by atoms with Crippen LogP contribution in [0.1, 0.15) is 18.1 Å². The van der Waals surface area contributed by atoms with Crippen molar-refractivity contribution in [1.29, 1.82) is 5.26 Å². The number of aliphatic imine (C=N–C) groups is 1. The highest BCUT2D eigenvalue weighted by molar-refractivity contribution is 8.18. The van der Waals surface area contributed by atoms with Gasteiger partial charge in [-0.05, 0) is 48.0 Å². The van der Waals surface area contributed by atoms with Crippen molar-refractivity contribution in [3.05, 3.63) is 64.6 Å². The van der Waals surface area contributed by atoms with Gasteiger partial charge in [-0.1, -0.05) is 37.3 Å². The molecule has 136 valence electrons. The third-order valence-electron chi connectivity index (χ3n) is 4.07. The number of para-hydroxylation sites is 1. The second-order valence-electron chi connectivity index (χ2n) is 5.87. The molecule has 0 aromatic heterocycles. The van der Waals surface area contributed by atoms with Crippen LogP contribution in [0, 0.1) is 11.3 Å². The fourth-order valence-corrected chi connectivity index (χ4v) is 3.53. The van der Waals surface area contributed by atoms with E-state index < -0.39 is 0 Å². The van der Waals surface area contributed by atoms with Crippen molar-refractivity contribution in [3.8, 4) is 11.8 Å². The summed E-state index contributed by atoms with van der Waals surface area (Å²) in [4.78, 5) is 19.3. The molecule has 0 unspecified atom stereocenters. The summed E-state index contributed by atoms with van der Waals surface area (Å²) < 4.78 is 5.43. The molecular formula is C21H19N3O2S. The van der Waals surface area contributed by atoms with E-state index in [1.807, 2.05) is 48.5 Å². The van der Waals surface area contributed by atoms with Gasteiger partial charge in [0.1, 0.15) is 11.8 Å². The molecule has 0 radical (unpaired) electrons. The lowest BCUT2D eigenvalue weighted by atomic mass is 10.2. The molecule has 0 atom stereocenters. The fourth-order valence-electron chi connectivity index (χ4n) is 2.55. The number of hydrogen-bond donors (Lipinski definition) is 0. The van der Waals surface area contributed by atoms with E-state index in [0.29, 0.717) is 15.8 Å². The quantitative estimate of drug-likeness (QED) is 0.725. The normalized spacial score (nSPS) is 16.8. The van der Waals surface area contributed by atoms with Gasteiger partial charge >= 0.3 is 0 Å². The van der Waals surface area contributed by atoms with Crippen LogP contribution in [-0.2, 0) is 11.2 Å². The summed E-state index contributed by atoms with van der Waals surface area (Å²) in [6.07, 6.45) is 2.75. The molecule has 1 fully saturated rings. The Bertz CT molecular complexity index is 943. The summed E-state index contributed by atoms with van der Waals surface area (Å²) in [6, 6.07) is 17.3. The van der Waals surface area contributed by atoms with Crippen LogP contribution < -0.4 is 4.74 Å². The van der Waals surface area contributed by atoms with Gasteiger partial charge in [-0.2, -0.15) is 5.26 Å².